The van der Waals surface area contributed by atoms with Crippen molar-refractivity contribution in [1.82, 2.24) is 9.97 Å². The molecule has 0 amide bonds. The molecule has 1 saturated carbocycles. The zero-order valence-corrected chi connectivity index (χ0v) is 13.2. The molecule has 0 spiro atoms. The Morgan fingerprint density at radius 1 is 1.25 bits per heavy atom. The van der Waals surface area contributed by atoms with Crippen molar-refractivity contribution in [3.8, 4) is 11.4 Å². The third-order valence-corrected chi connectivity index (χ3v) is 4.52. The first-order chi connectivity index (χ1) is 9.70. The molecule has 1 aromatic carbocycles. The highest BCUT2D eigenvalue weighted by atomic mass is 79.9. The van der Waals surface area contributed by atoms with Crippen LogP contribution in [0.3, 0.4) is 0 Å². The van der Waals surface area contributed by atoms with Crippen LogP contribution in [-0.2, 0) is 6.42 Å². The van der Waals surface area contributed by atoms with E-state index in [4.69, 9.17) is 10.7 Å². The van der Waals surface area contributed by atoms with E-state index in [1.54, 1.807) is 0 Å². The van der Waals surface area contributed by atoms with E-state index in [0.717, 1.165) is 34.4 Å². The van der Waals surface area contributed by atoms with Gasteiger partial charge < -0.3 is 5.73 Å². The highest BCUT2D eigenvalue weighted by molar-refractivity contribution is 9.10. The van der Waals surface area contributed by atoms with Crippen molar-refractivity contribution in [3.05, 3.63) is 40.0 Å². The zero-order valence-electron chi connectivity index (χ0n) is 11.6. The topological polar surface area (TPSA) is 51.8 Å². The van der Waals surface area contributed by atoms with Gasteiger partial charge in [0, 0.05) is 5.56 Å². The van der Waals surface area contributed by atoms with E-state index in [1.165, 1.54) is 18.4 Å². The number of halogens is 1. The number of anilines is 1. The minimum atomic E-state index is 0.532. The smallest absolute Gasteiger partial charge is 0.162 e. The van der Waals surface area contributed by atoms with Gasteiger partial charge in [-0.15, -0.1) is 0 Å². The SMILES string of the molecule is CCCc1nc(-c2ccccc2C2CC2)nc(N)c1Br. The Labute approximate surface area is 127 Å². The van der Waals surface area contributed by atoms with Gasteiger partial charge in [0.2, 0.25) is 0 Å². The van der Waals surface area contributed by atoms with E-state index in [0.29, 0.717) is 11.7 Å². The summed E-state index contributed by atoms with van der Waals surface area (Å²) < 4.78 is 0.840. The molecule has 20 heavy (non-hydrogen) atoms. The average molecular weight is 332 g/mol. The normalized spacial score (nSPS) is 14.5. The summed E-state index contributed by atoms with van der Waals surface area (Å²) in [6.45, 7) is 2.14. The quantitative estimate of drug-likeness (QED) is 0.907. The Hall–Kier alpha value is -1.42. The Bertz CT molecular complexity index is 636. The molecule has 0 unspecified atom stereocenters. The maximum Gasteiger partial charge on any atom is 0.162 e. The number of benzene rings is 1. The summed E-state index contributed by atoms with van der Waals surface area (Å²) >= 11 is 3.50. The summed E-state index contributed by atoms with van der Waals surface area (Å²) in [7, 11) is 0. The fraction of sp³-hybridized carbons (Fsp3) is 0.375. The van der Waals surface area contributed by atoms with Crippen LogP contribution in [0.25, 0.3) is 11.4 Å². The summed E-state index contributed by atoms with van der Waals surface area (Å²) in [6, 6.07) is 8.43. The number of hydrogen-bond acceptors (Lipinski definition) is 3. The van der Waals surface area contributed by atoms with Gasteiger partial charge in [0.15, 0.2) is 5.82 Å². The van der Waals surface area contributed by atoms with Crippen molar-refractivity contribution < 1.29 is 0 Å². The molecule has 0 bridgehead atoms. The van der Waals surface area contributed by atoms with Crippen LogP contribution in [0.1, 0.15) is 43.4 Å². The predicted molar refractivity (Wildman–Crippen MR) is 85.6 cm³/mol. The fourth-order valence-electron chi connectivity index (χ4n) is 2.49. The van der Waals surface area contributed by atoms with Gasteiger partial charge in [0.1, 0.15) is 5.82 Å². The van der Waals surface area contributed by atoms with Gasteiger partial charge >= 0.3 is 0 Å². The van der Waals surface area contributed by atoms with Gasteiger partial charge in [-0.1, -0.05) is 37.6 Å². The number of rotatable bonds is 4. The highest BCUT2D eigenvalue weighted by Gasteiger charge is 2.27. The van der Waals surface area contributed by atoms with Crippen LogP contribution in [-0.4, -0.2) is 9.97 Å². The van der Waals surface area contributed by atoms with Crippen LogP contribution >= 0.6 is 15.9 Å². The average Bonchev–Trinajstić information content (AvgIpc) is 3.28. The highest BCUT2D eigenvalue weighted by Crippen LogP contribution is 2.44. The molecule has 4 heteroatoms. The Morgan fingerprint density at radius 2 is 2.00 bits per heavy atom. The van der Waals surface area contributed by atoms with E-state index < -0.39 is 0 Å². The van der Waals surface area contributed by atoms with Crippen molar-refractivity contribution in [2.45, 2.75) is 38.5 Å². The minimum absolute atomic E-state index is 0.532. The van der Waals surface area contributed by atoms with Crippen molar-refractivity contribution in [3.63, 3.8) is 0 Å². The molecule has 1 aromatic heterocycles. The lowest BCUT2D eigenvalue weighted by atomic mass is 10.0. The van der Waals surface area contributed by atoms with Crippen LogP contribution < -0.4 is 5.73 Å². The number of aryl methyl sites for hydroxylation is 1. The van der Waals surface area contributed by atoms with Crippen LogP contribution in [0.5, 0.6) is 0 Å². The number of aromatic nitrogens is 2. The van der Waals surface area contributed by atoms with Crippen LogP contribution in [0.2, 0.25) is 0 Å². The molecule has 3 rings (SSSR count). The second-order valence-electron chi connectivity index (χ2n) is 5.30. The van der Waals surface area contributed by atoms with E-state index in [2.05, 4.69) is 46.0 Å². The monoisotopic (exact) mass is 331 g/mol. The molecule has 1 aliphatic rings. The van der Waals surface area contributed by atoms with E-state index in [-0.39, 0.29) is 0 Å². The molecule has 3 nitrogen and oxygen atoms in total. The van der Waals surface area contributed by atoms with Gasteiger partial charge in [-0.3, -0.25) is 0 Å². The molecular weight excluding hydrogens is 314 g/mol. The molecule has 1 heterocycles. The molecule has 0 aliphatic heterocycles. The molecule has 1 aliphatic carbocycles. The first-order valence-electron chi connectivity index (χ1n) is 7.12. The third kappa shape index (κ3) is 2.57. The summed E-state index contributed by atoms with van der Waals surface area (Å²) in [4.78, 5) is 9.20. The zero-order chi connectivity index (χ0) is 14.1. The number of nitrogens with two attached hydrogens (primary N) is 1. The van der Waals surface area contributed by atoms with Crippen molar-refractivity contribution >= 4 is 21.7 Å². The van der Waals surface area contributed by atoms with Crippen LogP contribution in [0, 0.1) is 0 Å². The molecule has 0 radical (unpaired) electrons. The van der Waals surface area contributed by atoms with Gasteiger partial charge in [-0.2, -0.15) is 0 Å². The second-order valence-corrected chi connectivity index (χ2v) is 6.10. The largest absolute Gasteiger partial charge is 0.383 e. The number of nitrogens with zero attached hydrogens (tertiary/aromatic N) is 2. The number of nitrogen functional groups attached to an aromatic ring is 1. The molecule has 2 aromatic rings. The molecule has 1 fully saturated rings. The molecule has 104 valence electrons. The van der Waals surface area contributed by atoms with Gasteiger partial charge in [0.05, 0.1) is 10.2 Å². The van der Waals surface area contributed by atoms with E-state index in [1.807, 2.05) is 6.07 Å². The minimum Gasteiger partial charge on any atom is -0.383 e. The van der Waals surface area contributed by atoms with Crippen LogP contribution in [0.4, 0.5) is 5.82 Å². The van der Waals surface area contributed by atoms with Gasteiger partial charge in [0.25, 0.3) is 0 Å². The Kier molecular flexibility index (Phi) is 3.74. The summed E-state index contributed by atoms with van der Waals surface area (Å²) in [5.74, 6) is 1.97. The second kappa shape index (κ2) is 5.52. The molecule has 0 atom stereocenters. The third-order valence-electron chi connectivity index (χ3n) is 3.65. The summed E-state index contributed by atoms with van der Waals surface area (Å²) in [5, 5.41) is 0. The lowest BCUT2D eigenvalue weighted by Crippen LogP contribution is -2.04. The molecule has 0 saturated heterocycles. The maximum atomic E-state index is 6.03. The van der Waals surface area contributed by atoms with E-state index >= 15 is 0 Å². The summed E-state index contributed by atoms with van der Waals surface area (Å²) in [5.41, 5.74) is 9.52. The first-order valence-corrected chi connectivity index (χ1v) is 7.91. The van der Waals surface area contributed by atoms with E-state index in [9.17, 15) is 0 Å². The van der Waals surface area contributed by atoms with Crippen LogP contribution in [0.15, 0.2) is 28.7 Å². The standard InChI is InChI=1S/C16H18BrN3/c1-2-5-13-14(17)15(18)20-16(19-13)12-7-4-3-6-11(12)10-8-9-10/h3-4,6-7,10H,2,5,8-9H2,1H3,(H2,18,19,20). The van der Waals surface area contributed by atoms with Gasteiger partial charge in [-0.05, 0) is 46.7 Å². The van der Waals surface area contributed by atoms with Gasteiger partial charge in [-0.25, -0.2) is 9.97 Å². The van der Waals surface area contributed by atoms with Crippen molar-refractivity contribution in [2.75, 3.05) is 5.73 Å². The molecular formula is C16H18BrN3. The van der Waals surface area contributed by atoms with Crippen molar-refractivity contribution in [2.24, 2.45) is 0 Å². The predicted octanol–water partition coefficient (Wildman–Crippen LogP) is 4.32. The Balaban J connectivity index is 2.10. The lowest BCUT2D eigenvalue weighted by Gasteiger charge is -2.11. The fourth-order valence-corrected chi connectivity index (χ4v) is 2.86. The summed E-state index contributed by atoms with van der Waals surface area (Å²) in [6.07, 6.45) is 4.49. The first kappa shape index (κ1) is 13.6. The lowest BCUT2D eigenvalue weighted by molar-refractivity contribution is 0.869. The Morgan fingerprint density at radius 3 is 2.70 bits per heavy atom. The van der Waals surface area contributed by atoms with Crippen molar-refractivity contribution in [1.29, 1.82) is 0 Å². The maximum absolute atomic E-state index is 6.03. The number of hydrogen-bond donors (Lipinski definition) is 1. The molecule has 2 N–H and O–H groups in total.